The Morgan fingerprint density at radius 3 is 2.58 bits per heavy atom. The molecular weight excluding hydrogens is 310 g/mol. The number of anilines is 2. The highest BCUT2D eigenvalue weighted by molar-refractivity contribution is 5.58. The van der Waals surface area contributed by atoms with Gasteiger partial charge in [-0.1, -0.05) is 18.2 Å². The summed E-state index contributed by atoms with van der Waals surface area (Å²) >= 11 is 0. The fraction of sp³-hybridized carbons (Fsp3) is 0.294. The van der Waals surface area contributed by atoms with Gasteiger partial charge >= 0.3 is 0 Å². The van der Waals surface area contributed by atoms with Crippen LogP contribution in [0.25, 0.3) is 0 Å². The molecule has 0 saturated heterocycles. The third-order valence-electron chi connectivity index (χ3n) is 3.57. The quantitative estimate of drug-likeness (QED) is 0.437. The minimum Gasteiger partial charge on any atom is -0.489 e. The Morgan fingerprint density at radius 2 is 2.00 bits per heavy atom. The summed E-state index contributed by atoms with van der Waals surface area (Å²) in [6.07, 6.45) is -0.722. The lowest BCUT2D eigenvalue weighted by Gasteiger charge is -2.26. The van der Waals surface area contributed by atoms with Crippen molar-refractivity contribution in [2.45, 2.75) is 13.0 Å². The minimum atomic E-state index is -0.722. The first-order valence-electron chi connectivity index (χ1n) is 7.66. The van der Waals surface area contributed by atoms with Crippen molar-refractivity contribution in [1.82, 2.24) is 0 Å². The zero-order chi connectivity index (χ0) is 17.5. The van der Waals surface area contributed by atoms with Gasteiger partial charge in [0.15, 0.2) is 0 Å². The van der Waals surface area contributed by atoms with Gasteiger partial charge < -0.3 is 20.5 Å². The van der Waals surface area contributed by atoms with E-state index in [1.54, 1.807) is 0 Å². The second-order valence-electron chi connectivity index (χ2n) is 5.32. The maximum absolute atomic E-state index is 10.7. The van der Waals surface area contributed by atoms with Crippen LogP contribution in [-0.2, 0) is 0 Å². The van der Waals surface area contributed by atoms with Crippen LogP contribution in [0.4, 0.5) is 17.1 Å². The number of ether oxygens (including phenoxy) is 1. The van der Waals surface area contributed by atoms with E-state index in [1.165, 1.54) is 18.2 Å². The highest BCUT2D eigenvalue weighted by Gasteiger charge is 2.14. The van der Waals surface area contributed by atoms with Crippen LogP contribution in [0.15, 0.2) is 48.5 Å². The number of rotatable bonds is 8. The predicted octanol–water partition coefficient (Wildman–Crippen LogP) is 2.44. The molecule has 0 saturated carbocycles. The third kappa shape index (κ3) is 4.60. The van der Waals surface area contributed by atoms with Gasteiger partial charge in [-0.15, -0.1) is 0 Å². The van der Waals surface area contributed by atoms with E-state index in [2.05, 4.69) is 0 Å². The van der Waals surface area contributed by atoms with E-state index in [9.17, 15) is 15.2 Å². The van der Waals surface area contributed by atoms with Crippen LogP contribution in [0.5, 0.6) is 5.75 Å². The van der Waals surface area contributed by atoms with E-state index < -0.39 is 11.0 Å². The molecule has 0 heterocycles. The smallest absolute Gasteiger partial charge is 0.271 e. The topological polar surface area (TPSA) is 102 Å². The number of nitrogens with zero attached hydrogens (tertiary/aromatic N) is 2. The summed E-state index contributed by atoms with van der Waals surface area (Å²) in [4.78, 5) is 12.2. The number of nitro groups is 1. The predicted molar refractivity (Wildman–Crippen MR) is 93.3 cm³/mol. The molecule has 1 unspecified atom stereocenters. The van der Waals surface area contributed by atoms with Gasteiger partial charge in [0, 0.05) is 30.9 Å². The summed E-state index contributed by atoms with van der Waals surface area (Å²) in [5.74, 6) is 0.322. The second-order valence-corrected chi connectivity index (χ2v) is 5.32. The molecule has 7 nitrogen and oxygen atoms in total. The number of nitro benzene ring substituents is 1. The number of nitrogen functional groups attached to an aromatic ring is 1. The summed E-state index contributed by atoms with van der Waals surface area (Å²) in [6, 6.07) is 13.8. The molecule has 0 bridgehead atoms. The number of nitrogens with two attached hydrogens (primary N) is 1. The lowest BCUT2D eigenvalue weighted by atomic mass is 10.2. The number of hydrogen-bond acceptors (Lipinski definition) is 6. The van der Waals surface area contributed by atoms with Gasteiger partial charge in [0.2, 0.25) is 0 Å². The fourth-order valence-corrected chi connectivity index (χ4v) is 2.33. The molecule has 2 rings (SSSR count). The van der Waals surface area contributed by atoms with Gasteiger partial charge in [-0.3, -0.25) is 10.1 Å². The first kappa shape index (κ1) is 17.6. The maximum Gasteiger partial charge on any atom is 0.271 e. The van der Waals surface area contributed by atoms with Crippen molar-refractivity contribution in [3.05, 3.63) is 58.6 Å². The first-order valence-corrected chi connectivity index (χ1v) is 7.66. The highest BCUT2D eigenvalue weighted by atomic mass is 16.6. The fourth-order valence-electron chi connectivity index (χ4n) is 2.33. The monoisotopic (exact) mass is 331 g/mol. The standard InChI is InChI=1S/C17H21N3O4/c1-2-19(13-6-4-3-5-7-13)11-15(21)12-24-17-9-8-14(20(22)23)10-16(17)18/h3-10,15,21H,2,11-12,18H2,1H3. The summed E-state index contributed by atoms with van der Waals surface area (Å²) in [6.45, 7) is 3.22. The van der Waals surface area contributed by atoms with Gasteiger partial charge in [0.05, 0.1) is 10.6 Å². The normalized spacial score (nSPS) is 11.8. The van der Waals surface area contributed by atoms with Gasteiger partial charge in [0.1, 0.15) is 18.5 Å². The molecule has 3 N–H and O–H groups in total. The van der Waals surface area contributed by atoms with Crippen LogP contribution >= 0.6 is 0 Å². The van der Waals surface area contributed by atoms with Crippen molar-refractivity contribution in [3.8, 4) is 5.75 Å². The maximum atomic E-state index is 10.7. The molecule has 0 fully saturated rings. The van der Waals surface area contributed by atoms with Gasteiger partial charge in [-0.25, -0.2) is 0 Å². The molecule has 0 spiro atoms. The van der Waals surface area contributed by atoms with E-state index in [0.717, 1.165) is 12.2 Å². The van der Waals surface area contributed by atoms with Gasteiger partial charge in [0.25, 0.3) is 5.69 Å². The van der Waals surface area contributed by atoms with E-state index in [1.807, 2.05) is 42.2 Å². The Hall–Kier alpha value is -2.80. The van der Waals surface area contributed by atoms with Crippen LogP contribution < -0.4 is 15.4 Å². The molecular formula is C17H21N3O4. The van der Waals surface area contributed by atoms with Crippen LogP contribution in [0, 0.1) is 10.1 Å². The molecule has 0 radical (unpaired) electrons. The molecule has 7 heteroatoms. The molecule has 1 atom stereocenters. The summed E-state index contributed by atoms with van der Waals surface area (Å²) in [5.41, 5.74) is 6.84. The molecule has 128 valence electrons. The molecule has 0 amide bonds. The highest BCUT2D eigenvalue weighted by Crippen LogP contribution is 2.26. The van der Waals surface area contributed by atoms with Crippen LogP contribution in [0.3, 0.4) is 0 Å². The molecule has 24 heavy (non-hydrogen) atoms. The molecule has 0 aliphatic rings. The zero-order valence-corrected chi connectivity index (χ0v) is 13.5. The number of para-hydroxylation sites is 1. The second kappa shape index (κ2) is 8.16. The van der Waals surface area contributed by atoms with Crippen molar-refractivity contribution in [3.63, 3.8) is 0 Å². The number of hydrogen-bond donors (Lipinski definition) is 2. The van der Waals surface area contributed by atoms with Crippen molar-refractivity contribution in [2.75, 3.05) is 30.3 Å². The van der Waals surface area contributed by atoms with E-state index in [4.69, 9.17) is 10.5 Å². The molecule has 2 aromatic carbocycles. The summed E-state index contributed by atoms with van der Waals surface area (Å²) in [7, 11) is 0. The molecule has 0 aliphatic carbocycles. The zero-order valence-electron chi connectivity index (χ0n) is 13.5. The van der Waals surface area contributed by atoms with Crippen LogP contribution in [0.1, 0.15) is 6.92 Å². The number of aliphatic hydroxyl groups is 1. The number of aliphatic hydroxyl groups excluding tert-OH is 1. The largest absolute Gasteiger partial charge is 0.489 e. The molecule has 0 aliphatic heterocycles. The van der Waals surface area contributed by atoms with Crippen molar-refractivity contribution in [2.24, 2.45) is 0 Å². The van der Waals surface area contributed by atoms with Crippen LogP contribution in [-0.4, -0.2) is 35.8 Å². The number of likely N-dealkylation sites (N-methyl/N-ethyl adjacent to an activating group) is 1. The van der Waals surface area contributed by atoms with E-state index >= 15 is 0 Å². The Balaban J connectivity index is 1.93. The first-order chi connectivity index (χ1) is 11.5. The van der Waals surface area contributed by atoms with Gasteiger partial charge in [-0.05, 0) is 25.1 Å². The third-order valence-corrected chi connectivity index (χ3v) is 3.57. The van der Waals surface area contributed by atoms with Crippen molar-refractivity contribution in [1.29, 1.82) is 0 Å². The van der Waals surface area contributed by atoms with Crippen molar-refractivity contribution < 1.29 is 14.8 Å². The lowest BCUT2D eigenvalue weighted by Crippen LogP contribution is -2.35. The Morgan fingerprint density at radius 1 is 1.29 bits per heavy atom. The SMILES string of the molecule is CCN(CC(O)COc1ccc([N+](=O)[O-])cc1N)c1ccccc1. The Labute approximate surface area is 140 Å². The summed E-state index contributed by atoms with van der Waals surface area (Å²) < 4.78 is 5.49. The lowest BCUT2D eigenvalue weighted by molar-refractivity contribution is -0.384. The van der Waals surface area contributed by atoms with Crippen LogP contribution in [0.2, 0.25) is 0 Å². The average Bonchev–Trinajstić information content (AvgIpc) is 2.59. The van der Waals surface area contributed by atoms with E-state index in [-0.39, 0.29) is 18.0 Å². The molecule has 2 aromatic rings. The van der Waals surface area contributed by atoms with Crippen molar-refractivity contribution >= 4 is 17.1 Å². The summed E-state index contributed by atoms with van der Waals surface area (Å²) in [5, 5.41) is 20.9. The number of benzene rings is 2. The average molecular weight is 331 g/mol. The van der Waals surface area contributed by atoms with E-state index in [0.29, 0.717) is 12.3 Å². The Bertz CT molecular complexity index is 679. The van der Waals surface area contributed by atoms with Gasteiger partial charge in [-0.2, -0.15) is 0 Å². The Kier molecular flexibility index (Phi) is 5.97. The minimum absolute atomic E-state index is 0.0470. The molecule has 0 aromatic heterocycles. The number of non-ortho nitro benzene ring substituents is 1.